The minimum Gasteiger partial charge on any atom is -0.0912 e. The summed E-state index contributed by atoms with van der Waals surface area (Å²) in [6, 6.07) is 0. The molecule has 0 radical (unpaired) electrons. The van der Waals surface area contributed by atoms with Gasteiger partial charge >= 0.3 is 0 Å². The fourth-order valence-electron chi connectivity index (χ4n) is 2.70. The van der Waals surface area contributed by atoms with Crippen LogP contribution in [0, 0.1) is 5.41 Å². The second-order valence-corrected chi connectivity index (χ2v) is 5.59. The first-order chi connectivity index (χ1) is 7.09. The van der Waals surface area contributed by atoms with Crippen LogP contribution < -0.4 is 0 Å². The molecule has 0 spiro atoms. The van der Waals surface area contributed by atoms with E-state index in [0.29, 0.717) is 0 Å². The van der Waals surface area contributed by atoms with E-state index in [1.165, 1.54) is 35.1 Å². The Morgan fingerprint density at radius 1 is 1.53 bits per heavy atom. The SMILES string of the molecule is C=C1C2=C(C=CCC2)C(C)(C)/C1=C/CI. The highest BCUT2D eigenvalue weighted by Gasteiger charge is 2.38. The third kappa shape index (κ3) is 1.65. The topological polar surface area (TPSA) is 0 Å². The molecule has 0 heterocycles. The smallest absolute Gasteiger partial charge is 0.0182 e. The molecule has 0 fully saturated rings. The van der Waals surface area contributed by atoms with Crippen molar-refractivity contribution < 1.29 is 0 Å². The molecule has 0 saturated heterocycles. The van der Waals surface area contributed by atoms with Crippen LogP contribution in [0.25, 0.3) is 0 Å². The quantitative estimate of drug-likeness (QED) is 0.491. The molecule has 0 aliphatic heterocycles. The van der Waals surface area contributed by atoms with E-state index >= 15 is 0 Å². The fraction of sp³-hybridized carbons (Fsp3) is 0.429. The van der Waals surface area contributed by atoms with Gasteiger partial charge in [-0.3, -0.25) is 0 Å². The maximum Gasteiger partial charge on any atom is 0.0182 e. The van der Waals surface area contributed by atoms with Gasteiger partial charge in [-0.1, -0.05) is 61.2 Å². The van der Waals surface area contributed by atoms with Crippen molar-refractivity contribution in [3.05, 3.63) is 47.1 Å². The van der Waals surface area contributed by atoms with Gasteiger partial charge in [0.2, 0.25) is 0 Å². The third-order valence-corrected chi connectivity index (χ3v) is 3.93. The van der Waals surface area contributed by atoms with E-state index in [0.717, 1.165) is 4.43 Å². The summed E-state index contributed by atoms with van der Waals surface area (Å²) in [5.41, 5.74) is 5.90. The highest BCUT2D eigenvalue weighted by Crippen LogP contribution is 2.52. The molecule has 0 aromatic rings. The van der Waals surface area contributed by atoms with Crippen LogP contribution in [-0.2, 0) is 0 Å². The van der Waals surface area contributed by atoms with Crippen LogP contribution >= 0.6 is 22.6 Å². The first-order valence-corrected chi connectivity index (χ1v) is 6.98. The van der Waals surface area contributed by atoms with Crippen LogP contribution in [0.1, 0.15) is 26.7 Å². The molecular weight excluding hydrogens is 295 g/mol. The minimum atomic E-state index is 0.175. The number of alkyl halides is 1. The van der Waals surface area contributed by atoms with Gasteiger partial charge in [0.15, 0.2) is 0 Å². The molecule has 1 heteroatoms. The van der Waals surface area contributed by atoms with Crippen molar-refractivity contribution in [3.8, 4) is 0 Å². The lowest BCUT2D eigenvalue weighted by Gasteiger charge is -2.24. The number of allylic oxidation sites excluding steroid dienone is 7. The van der Waals surface area contributed by atoms with Crippen LogP contribution in [0.3, 0.4) is 0 Å². The first-order valence-electron chi connectivity index (χ1n) is 5.45. The highest BCUT2D eigenvalue weighted by molar-refractivity contribution is 14.1. The third-order valence-electron chi connectivity index (χ3n) is 3.49. The molecule has 2 aliphatic rings. The van der Waals surface area contributed by atoms with Crippen LogP contribution in [0.2, 0.25) is 0 Å². The van der Waals surface area contributed by atoms with Crippen molar-refractivity contribution in [1.29, 1.82) is 0 Å². The number of rotatable bonds is 1. The van der Waals surface area contributed by atoms with Crippen LogP contribution in [0.5, 0.6) is 0 Å². The van der Waals surface area contributed by atoms with Gasteiger partial charge in [0.25, 0.3) is 0 Å². The Hall–Kier alpha value is -0.310. The Morgan fingerprint density at radius 3 is 2.87 bits per heavy atom. The summed E-state index contributed by atoms with van der Waals surface area (Å²) in [6.07, 6.45) is 9.27. The van der Waals surface area contributed by atoms with Gasteiger partial charge in [-0.05, 0) is 35.1 Å². The van der Waals surface area contributed by atoms with Gasteiger partial charge in [0, 0.05) is 9.84 Å². The molecule has 80 valence electrons. The molecule has 0 saturated carbocycles. The molecule has 0 unspecified atom stereocenters. The molecule has 0 nitrogen and oxygen atoms in total. The van der Waals surface area contributed by atoms with E-state index in [9.17, 15) is 0 Å². The second kappa shape index (κ2) is 3.93. The van der Waals surface area contributed by atoms with Crippen molar-refractivity contribution in [1.82, 2.24) is 0 Å². The minimum absolute atomic E-state index is 0.175. The van der Waals surface area contributed by atoms with Crippen molar-refractivity contribution in [2.45, 2.75) is 26.7 Å². The Balaban J connectivity index is 2.52. The number of hydrogen-bond acceptors (Lipinski definition) is 0. The molecule has 0 aromatic heterocycles. The van der Waals surface area contributed by atoms with Gasteiger partial charge < -0.3 is 0 Å². The fourth-order valence-corrected chi connectivity index (χ4v) is 3.14. The van der Waals surface area contributed by atoms with Gasteiger partial charge in [-0.25, -0.2) is 0 Å². The normalized spacial score (nSPS) is 26.3. The maximum atomic E-state index is 4.27. The molecule has 0 N–H and O–H groups in total. The van der Waals surface area contributed by atoms with Crippen molar-refractivity contribution in [3.63, 3.8) is 0 Å². The van der Waals surface area contributed by atoms with Crippen LogP contribution in [0.15, 0.2) is 47.1 Å². The van der Waals surface area contributed by atoms with E-state index in [4.69, 9.17) is 0 Å². The molecule has 2 rings (SSSR count). The monoisotopic (exact) mass is 312 g/mol. The summed E-state index contributed by atoms with van der Waals surface area (Å²) < 4.78 is 1.07. The lowest BCUT2D eigenvalue weighted by Crippen LogP contribution is -2.12. The lowest BCUT2D eigenvalue weighted by molar-refractivity contribution is 0.575. The Bertz CT molecular complexity index is 392. The second-order valence-electron chi connectivity index (χ2n) is 4.71. The molecular formula is C14H17I. The zero-order valence-electron chi connectivity index (χ0n) is 9.44. The average Bonchev–Trinajstić information content (AvgIpc) is 2.41. The highest BCUT2D eigenvalue weighted by atomic mass is 127. The summed E-state index contributed by atoms with van der Waals surface area (Å²) in [5, 5.41) is 0. The summed E-state index contributed by atoms with van der Waals surface area (Å²) >= 11 is 2.40. The standard InChI is InChI=1S/C14H17I/c1-10-11-6-4-5-7-13(11)14(2,3)12(10)8-9-15/h5,7-8H,1,4,6,9H2,2-3H3/b12-8+. The Kier molecular flexibility index (Phi) is 2.93. The molecule has 0 amide bonds. The van der Waals surface area contributed by atoms with E-state index in [1.54, 1.807) is 0 Å². The molecule has 15 heavy (non-hydrogen) atoms. The average molecular weight is 312 g/mol. The van der Waals surface area contributed by atoms with Crippen molar-refractivity contribution >= 4 is 22.6 Å². The summed E-state index contributed by atoms with van der Waals surface area (Å²) in [4.78, 5) is 0. The molecule has 0 bridgehead atoms. The zero-order valence-corrected chi connectivity index (χ0v) is 11.6. The van der Waals surface area contributed by atoms with E-state index in [-0.39, 0.29) is 5.41 Å². The predicted molar refractivity (Wildman–Crippen MR) is 75.3 cm³/mol. The predicted octanol–water partition coefficient (Wildman–Crippen LogP) is 4.59. The first kappa shape index (κ1) is 11.2. The van der Waals surface area contributed by atoms with E-state index in [2.05, 4.69) is 61.2 Å². The molecule has 2 aliphatic carbocycles. The largest absolute Gasteiger partial charge is 0.0912 e. The summed E-state index contributed by atoms with van der Waals surface area (Å²) in [7, 11) is 0. The number of hydrogen-bond donors (Lipinski definition) is 0. The Morgan fingerprint density at radius 2 is 2.27 bits per heavy atom. The lowest BCUT2D eigenvalue weighted by atomic mass is 9.80. The van der Waals surface area contributed by atoms with E-state index < -0.39 is 0 Å². The van der Waals surface area contributed by atoms with Gasteiger partial charge in [-0.2, -0.15) is 0 Å². The van der Waals surface area contributed by atoms with Crippen molar-refractivity contribution in [2.24, 2.45) is 5.41 Å². The van der Waals surface area contributed by atoms with Gasteiger partial charge in [-0.15, -0.1) is 0 Å². The van der Waals surface area contributed by atoms with Crippen LogP contribution in [0.4, 0.5) is 0 Å². The zero-order chi connectivity index (χ0) is 11.1. The molecule has 0 atom stereocenters. The van der Waals surface area contributed by atoms with Crippen LogP contribution in [-0.4, -0.2) is 4.43 Å². The van der Waals surface area contributed by atoms with Gasteiger partial charge in [0.1, 0.15) is 0 Å². The summed E-state index contributed by atoms with van der Waals surface area (Å²) in [6.45, 7) is 8.90. The van der Waals surface area contributed by atoms with Crippen molar-refractivity contribution in [2.75, 3.05) is 4.43 Å². The summed E-state index contributed by atoms with van der Waals surface area (Å²) in [5.74, 6) is 0. The molecule has 0 aromatic carbocycles. The van der Waals surface area contributed by atoms with E-state index in [1.807, 2.05) is 0 Å². The maximum absolute atomic E-state index is 4.27. The Labute approximate surface area is 106 Å². The number of halogens is 1. The van der Waals surface area contributed by atoms with Gasteiger partial charge in [0.05, 0.1) is 0 Å².